The van der Waals surface area contributed by atoms with Crippen molar-refractivity contribution in [3.05, 3.63) is 0 Å². The van der Waals surface area contributed by atoms with E-state index in [1.54, 1.807) is 0 Å². The smallest absolute Gasteiger partial charge is 0.311 e. The van der Waals surface area contributed by atoms with Crippen LogP contribution in [0.25, 0.3) is 0 Å². The van der Waals surface area contributed by atoms with Gasteiger partial charge in [-0.15, -0.1) is 0 Å². The van der Waals surface area contributed by atoms with Crippen molar-refractivity contribution in [3.63, 3.8) is 0 Å². The molecule has 1 heterocycles. The molecule has 0 aliphatic carbocycles. The number of carboxylic acid groups (broad SMARTS) is 1. The minimum atomic E-state index is -0.617. The number of carbonyl (C=O) groups is 1. The lowest BCUT2D eigenvalue weighted by Gasteiger charge is -2.30. The molecule has 1 fully saturated rings. The summed E-state index contributed by atoms with van der Waals surface area (Å²) in [5, 5.41) is 9.44. The lowest BCUT2D eigenvalue weighted by molar-refractivity contribution is -0.151. The van der Waals surface area contributed by atoms with Gasteiger partial charge in [-0.3, -0.25) is 9.69 Å². The van der Waals surface area contributed by atoms with Crippen LogP contribution in [0, 0.1) is 11.3 Å². The van der Waals surface area contributed by atoms with Crippen LogP contribution in [0.5, 0.6) is 0 Å². The van der Waals surface area contributed by atoms with Crippen LogP contribution in [-0.4, -0.2) is 35.1 Å². The van der Waals surface area contributed by atoms with Crippen molar-refractivity contribution in [2.75, 3.05) is 13.1 Å². The molecule has 0 aromatic rings. The highest BCUT2D eigenvalue weighted by Gasteiger charge is 2.47. The topological polar surface area (TPSA) is 40.5 Å². The monoisotopic (exact) mass is 227 g/mol. The highest BCUT2D eigenvalue weighted by Crippen LogP contribution is 2.39. The van der Waals surface area contributed by atoms with Crippen molar-refractivity contribution in [3.8, 4) is 0 Å². The number of hydrogen-bond donors (Lipinski definition) is 1. The molecule has 1 saturated heterocycles. The lowest BCUT2D eigenvalue weighted by atomic mass is 9.76. The Hall–Kier alpha value is -0.570. The summed E-state index contributed by atoms with van der Waals surface area (Å²) in [4.78, 5) is 13.8. The molecule has 94 valence electrons. The second kappa shape index (κ2) is 5.17. The molecule has 16 heavy (non-hydrogen) atoms. The maximum Gasteiger partial charge on any atom is 0.311 e. The third kappa shape index (κ3) is 2.40. The third-order valence-electron chi connectivity index (χ3n) is 4.19. The first-order valence-corrected chi connectivity index (χ1v) is 6.41. The number of aliphatic carboxylic acids is 1. The zero-order valence-corrected chi connectivity index (χ0v) is 11.0. The maximum absolute atomic E-state index is 11.5. The van der Waals surface area contributed by atoms with Gasteiger partial charge >= 0.3 is 5.97 Å². The normalized spacial score (nSPS) is 28.6. The molecule has 1 rings (SSSR count). The van der Waals surface area contributed by atoms with Gasteiger partial charge in [0.2, 0.25) is 0 Å². The Kier molecular flexibility index (Phi) is 4.36. The van der Waals surface area contributed by atoms with Crippen LogP contribution in [0.1, 0.15) is 47.0 Å². The van der Waals surface area contributed by atoms with Gasteiger partial charge in [-0.1, -0.05) is 27.2 Å². The van der Waals surface area contributed by atoms with Crippen molar-refractivity contribution in [2.24, 2.45) is 11.3 Å². The Morgan fingerprint density at radius 3 is 2.44 bits per heavy atom. The van der Waals surface area contributed by atoms with Crippen LogP contribution in [0.4, 0.5) is 0 Å². The zero-order chi connectivity index (χ0) is 12.3. The molecule has 0 aromatic carbocycles. The molecular formula is C13H25NO2. The van der Waals surface area contributed by atoms with Crippen LogP contribution >= 0.6 is 0 Å². The third-order valence-corrected chi connectivity index (χ3v) is 4.19. The van der Waals surface area contributed by atoms with Crippen molar-refractivity contribution in [2.45, 2.75) is 53.0 Å². The van der Waals surface area contributed by atoms with E-state index in [-0.39, 0.29) is 5.92 Å². The molecule has 3 nitrogen and oxygen atoms in total. The SMILES string of the molecule is CCCC(C)N1CCC(C(=O)O)(C(C)C)C1. The van der Waals surface area contributed by atoms with E-state index >= 15 is 0 Å². The van der Waals surface area contributed by atoms with Crippen LogP contribution < -0.4 is 0 Å². The number of hydrogen-bond acceptors (Lipinski definition) is 2. The van der Waals surface area contributed by atoms with Gasteiger partial charge in [0, 0.05) is 12.6 Å². The van der Waals surface area contributed by atoms with Crippen molar-refractivity contribution in [1.29, 1.82) is 0 Å². The summed E-state index contributed by atoms with van der Waals surface area (Å²) < 4.78 is 0. The molecule has 0 saturated carbocycles. The summed E-state index contributed by atoms with van der Waals surface area (Å²) in [5.41, 5.74) is -0.512. The van der Waals surface area contributed by atoms with Gasteiger partial charge in [0.15, 0.2) is 0 Å². The van der Waals surface area contributed by atoms with Crippen LogP contribution in [0.2, 0.25) is 0 Å². The molecule has 2 unspecified atom stereocenters. The fourth-order valence-electron chi connectivity index (χ4n) is 2.73. The van der Waals surface area contributed by atoms with E-state index in [1.807, 2.05) is 13.8 Å². The Balaban J connectivity index is 2.71. The van der Waals surface area contributed by atoms with Crippen LogP contribution in [0.15, 0.2) is 0 Å². The molecule has 0 aromatic heterocycles. The van der Waals surface area contributed by atoms with Crippen molar-refractivity contribution >= 4 is 5.97 Å². The van der Waals surface area contributed by atoms with E-state index in [0.29, 0.717) is 6.04 Å². The van der Waals surface area contributed by atoms with Crippen molar-refractivity contribution < 1.29 is 9.90 Å². The predicted molar refractivity (Wildman–Crippen MR) is 65.5 cm³/mol. The summed E-state index contributed by atoms with van der Waals surface area (Å²) in [5.74, 6) is -0.405. The zero-order valence-electron chi connectivity index (χ0n) is 11.0. The molecule has 0 radical (unpaired) electrons. The van der Waals surface area contributed by atoms with Gasteiger partial charge in [0.05, 0.1) is 5.41 Å². The number of likely N-dealkylation sites (tertiary alicyclic amines) is 1. The van der Waals surface area contributed by atoms with Gasteiger partial charge in [-0.25, -0.2) is 0 Å². The second-order valence-electron chi connectivity index (χ2n) is 5.47. The average molecular weight is 227 g/mol. The quantitative estimate of drug-likeness (QED) is 0.785. The van der Waals surface area contributed by atoms with Gasteiger partial charge < -0.3 is 5.11 Å². The van der Waals surface area contributed by atoms with Gasteiger partial charge in [-0.05, 0) is 32.2 Å². The Morgan fingerprint density at radius 2 is 2.06 bits per heavy atom. The van der Waals surface area contributed by atoms with E-state index in [2.05, 4.69) is 18.7 Å². The van der Waals surface area contributed by atoms with E-state index in [0.717, 1.165) is 25.9 Å². The second-order valence-corrected chi connectivity index (χ2v) is 5.47. The first-order chi connectivity index (χ1) is 7.44. The molecule has 1 aliphatic rings. The molecular weight excluding hydrogens is 202 g/mol. The maximum atomic E-state index is 11.5. The Labute approximate surface area is 98.8 Å². The highest BCUT2D eigenvalue weighted by atomic mass is 16.4. The summed E-state index contributed by atoms with van der Waals surface area (Å²) in [6.45, 7) is 10.1. The van der Waals surface area contributed by atoms with Gasteiger partial charge in [0.25, 0.3) is 0 Å². The summed E-state index contributed by atoms with van der Waals surface area (Å²) in [7, 11) is 0. The first-order valence-electron chi connectivity index (χ1n) is 6.41. The molecule has 1 aliphatic heterocycles. The van der Waals surface area contributed by atoms with E-state index < -0.39 is 11.4 Å². The minimum absolute atomic E-state index is 0.212. The fourth-order valence-corrected chi connectivity index (χ4v) is 2.73. The standard InChI is InChI=1S/C13H25NO2/c1-5-6-11(4)14-8-7-13(9-14,10(2)3)12(15)16/h10-11H,5-9H2,1-4H3,(H,15,16). The van der Waals surface area contributed by atoms with E-state index in [1.165, 1.54) is 6.42 Å². The summed E-state index contributed by atoms with van der Waals surface area (Å²) in [6, 6.07) is 0.518. The number of carboxylic acids is 1. The minimum Gasteiger partial charge on any atom is -0.481 e. The molecule has 3 heteroatoms. The van der Waals surface area contributed by atoms with Gasteiger partial charge in [-0.2, -0.15) is 0 Å². The number of nitrogens with zero attached hydrogens (tertiary/aromatic N) is 1. The summed E-state index contributed by atoms with van der Waals surface area (Å²) in [6.07, 6.45) is 3.13. The van der Waals surface area contributed by atoms with Crippen LogP contribution in [-0.2, 0) is 4.79 Å². The molecule has 0 bridgehead atoms. The molecule has 0 amide bonds. The predicted octanol–water partition coefficient (Wildman–Crippen LogP) is 2.61. The summed E-state index contributed by atoms with van der Waals surface area (Å²) >= 11 is 0. The van der Waals surface area contributed by atoms with E-state index in [9.17, 15) is 9.90 Å². The van der Waals surface area contributed by atoms with Crippen LogP contribution in [0.3, 0.4) is 0 Å². The highest BCUT2D eigenvalue weighted by molar-refractivity contribution is 5.75. The molecule has 2 atom stereocenters. The molecule has 1 N–H and O–H groups in total. The fraction of sp³-hybridized carbons (Fsp3) is 0.923. The Morgan fingerprint density at radius 1 is 1.44 bits per heavy atom. The number of rotatable bonds is 5. The largest absolute Gasteiger partial charge is 0.481 e. The average Bonchev–Trinajstić information content (AvgIpc) is 2.63. The molecule has 0 spiro atoms. The van der Waals surface area contributed by atoms with Crippen molar-refractivity contribution in [1.82, 2.24) is 4.90 Å². The lowest BCUT2D eigenvalue weighted by Crippen LogP contribution is -2.41. The Bertz CT molecular complexity index is 252. The van der Waals surface area contributed by atoms with Gasteiger partial charge in [0.1, 0.15) is 0 Å². The first kappa shape index (κ1) is 13.5. The van der Waals surface area contributed by atoms with E-state index in [4.69, 9.17) is 0 Å².